The smallest absolute Gasteiger partial charge is 0.225 e. The highest BCUT2D eigenvalue weighted by atomic mass is 16.5. The summed E-state index contributed by atoms with van der Waals surface area (Å²) in [6.45, 7) is 4.33. The van der Waals surface area contributed by atoms with E-state index in [0.29, 0.717) is 13.0 Å². The minimum atomic E-state index is 0.178. The lowest BCUT2D eigenvalue weighted by atomic mass is 9.90. The molecular weight excluding hydrogens is 252 g/mol. The van der Waals surface area contributed by atoms with Gasteiger partial charge in [0.15, 0.2) is 0 Å². The molecule has 1 aliphatic rings. The largest absolute Gasteiger partial charge is 0.493 e. The van der Waals surface area contributed by atoms with Gasteiger partial charge in [-0.1, -0.05) is 18.2 Å². The number of hydrogen-bond acceptors (Lipinski definition) is 3. The first-order valence-corrected chi connectivity index (χ1v) is 7.27. The number of nitrogens with one attached hydrogen (secondary N) is 1. The van der Waals surface area contributed by atoms with Crippen molar-refractivity contribution in [2.75, 3.05) is 26.7 Å². The number of para-hydroxylation sites is 1. The van der Waals surface area contributed by atoms with Gasteiger partial charge in [0.05, 0.1) is 13.0 Å². The number of carbonyl (C=O) groups is 1. The van der Waals surface area contributed by atoms with E-state index >= 15 is 0 Å². The summed E-state index contributed by atoms with van der Waals surface area (Å²) < 4.78 is 5.57. The Bertz CT molecular complexity index is 425. The monoisotopic (exact) mass is 276 g/mol. The molecule has 2 rings (SSSR count). The van der Waals surface area contributed by atoms with Crippen LogP contribution >= 0.6 is 0 Å². The molecular formula is C16H24N2O2. The molecule has 1 fully saturated rings. The molecule has 0 saturated carbocycles. The number of nitrogens with zero attached hydrogens (tertiary/aromatic N) is 1. The Morgan fingerprint density at radius 1 is 1.30 bits per heavy atom. The van der Waals surface area contributed by atoms with E-state index in [1.165, 1.54) is 0 Å². The Hall–Kier alpha value is -1.55. The van der Waals surface area contributed by atoms with Crippen LogP contribution in [0.25, 0.3) is 0 Å². The molecule has 110 valence electrons. The summed E-state index contributed by atoms with van der Waals surface area (Å²) in [4.78, 5) is 14.1. The molecule has 1 amide bonds. The zero-order valence-electron chi connectivity index (χ0n) is 12.4. The summed E-state index contributed by atoms with van der Waals surface area (Å²) in [5.41, 5.74) is 0.178. The Morgan fingerprint density at radius 2 is 1.95 bits per heavy atom. The minimum Gasteiger partial charge on any atom is -0.493 e. The van der Waals surface area contributed by atoms with Gasteiger partial charge in [0, 0.05) is 18.6 Å². The molecule has 4 heteroatoms. The van der Waals surface area contributed by atoms with E-state index in [4.69, 9.17) is 4.74 Å². The summed E-state index contributed by atoms with van der Waals surface area (Å²) in [7, 11) is 1.99. The fourth-order valence-corrected chi connectivity index (χ4v) is 2.43. The summed E-state index contributed by atoms with van der Waals surface area (Å²) in [5.74, 6) is 1.01. The Labute approximate surface area is 121 Å². The van der Waals surface area contributed by atoms with Crippen molar-refractivity contribution in [1.82, 2.24) is 10.2 Å². The van der Waals surface area contributed by atoms with Crippen LogP contribution in [-0.4, -0.2) is 43.1 Å². The molecule has 0 bridgehead atoms. The first kappa shape index (κ1) is 14.9. The normalized spacial score (nSPS) is 17.8. The van der Waals surface area contributed by atoms with Crippen molar-refractivity contribution in [1.29, 1.82) is 0 Å². The van der Waals surface area contributed by atoms with E-state index in [-0.39, 0.29) is 11.4 Å². The second-order valence-electron chi connectivity index (χ2n) is 5.60. The van der Waals surface area contributed by atoms with Gasteiger partial charge in [-0.25, -0.2) is 0 Å². The summed E-state index contributed by atoms with van der Waals surface area (Å²) in [5, 5.41) is 3.34. The third kappa shape index (κ3) is 3.97. The number of benzene rings is 1. The van der Waals surface area contributed by atoms with Crippen molar-refractivity contribution in [2.24, 2.45) is 0 Å². The van der Waals surface area contributed by atoms with Crippen LogP contribution in [0.2, 0.25) is 0 Å². The lowest BCUT2D eigenvalue weighted by molar-refractivity contribution is -0.133. The number of likely N-dealkylation sites (tertiary alicyclic amines) is 1. The fourth-order valence-electron chi connectivity index (χ4n) is 2.43. The van der Waals surface area contributed by atoms with Crippen LogP contribution in [0.3, 0.4) is 0 Å². The van der Waals surface area contributed by atoms with Gasteiger partial charge < -0.3 is 15.0 Å². The maximum Gasteiger partial charge on any atom is 0.225 e. The first-order valence-electron chi connectivity index (χ1n) is 7.27. The number of hydrogen-bond donors (Lipinski definition) is 1. The summed E-state index contributed by atoms with van der Waals surface area (Å²) >= 11 is 0. The summed E-state index contributed by atoms with van der Waals surface area (Å²) in [6, 6.07) is 9.62. The molecule has 1 aromatic rings. The third-order valence-electron chi connectivity index (χ3n) is 4.15. The van der Waals surface area contributed by atoms with Crippen molar-refractivity contribution in [3.8, 4) is 5.75 Å². The predicted molar refractivity (Wildman–Crippen MR) is 79.8 cm³/mol. The lowest BCUT2D eigenvalue weighted by Gasteiger charge is -2.39. The Balaban J connectivity index is 1.71. The van der Waals surface area contributed by atoms with Crippen molar-refractivity contribution in [3.05, 3.63) is 30.3 Å². The van der Waals surface area contributed by atoms with Crippen molar-refractivity contribution in [2.45, 2.75) is 31.7 Å². The molecule has 0 atom stereocenters. The lowest BCUT2D eigenvalue weighted by Crippen LogP contribution is -2.51. The zero-order chi connectivity index (χ0) is 14.4. The highest BCUT2D eigenvalue weighted by Crippen LogP contribution is 2.21. The molecule has 1 saturated heterocycles. The van der Waals surface area contributed by atoms with Gasteiger partial charge in [0.1, 0.15) is 5.75 Å². The van der Waals surface area contributed by atoms with Gasteiger partial charge in [-0.2, -0.15) is 0 Å². The van der Waals surface area contributed by atoms with E-state index in [9.17, 15) is 4.79 Å². The average Bonchev–Trinajstić information content (AvgIpc) is 2.49. The Morgan fingerprint density at radius 3 is 2.55 bits per heavy atom. The van der Waals surface area contributed by atoms with Crippen LogP contribution in [0.15, 0.2) is 30.3 Å². The van der Waals surface area contributed by atoms with Crippen LogP contribution in [0.4, 0.5) is 0 Å². The van der Waals surface area contributed by atoms with E-state index in [0.717, 1.165) is 31.7 Å². The fraction of sp³-hybridized carbons (Fsp3) is 0.562. The van der Waals surface area contributed by atoms with E-state index in [1.807, 2.05) is 42.3 Å². The summed E-state index contributed by atoms with van der Waals surface area (Å²) in [6.07, 6.45) is 2.47. The van der Waals surface area contributed by atoms with Gasteiger partial charge in [-0.15, -0.1) is 0 Å². The molecule has 0 aliphatic carbocycles. The van der Waals surface area contributed by atoms with Crippen LogP contribution < -0.4 is 10.1 Å². The number of carbonyl (C=O) groups excluding carboxylic acids is 1. The second-order valence-corrected chi connectivity index (χ2v) is 5.60. The molecule has 1 aromatic carbocycles. The molecule has 1 heterocycles. The van der Waals surface area contributed by atoms with Gasteiger partial charge >= 0.3 is 0 Å². The van der Waals surface area contributed by atoms with E-state index in [2.05, 4.69) is 12.2 Å². The minimum absolute atomic E-state index is 0.178. The Kier molecular flexibility index (Phi) is 5.01. The predicted octanol–water partition coefficient (Wildman–Crippen LogP) is 2.06. The molecule has 4 nitrogen and oxygen atoms in total. The molecule has 20 heavy (non-hydrogen) atoms. The number of amides is 1. The number of ether oxygens (including phenoxy) is 1. The maximum absolute atomic E-state index is 12.1. The van der Waals surface area contributed by atoms with Gasteiger partial charge in [0.2, 0.25) is 5.91 Å². The number of piperidine rings is 1. The maximum atomic E-state index is 12.1. The molecule has 0 aromatic heterocycles. The third-order valence-corrected chi connectivity index (χ3v) is 4.15. The highest BCUT2D eigenvalue weighted by molar-refractivity contribution is 5.76. The molecule has 1 N–H and O–H groups in total. The van der Waals surface area contributed by atoms with Crippen molar-refractivity contribution in [3.63, 3.8) is 0 Å². The van der Waals surface area contributed by atoms with Crippen LogP contribution in [0, 0.1) is 0 Å². The average molecular weight is 276 g/mol. The van der Waals surface area contributed by atoms with Crippen molar-refractivity contribution < 1.29 is 9.53 Å². The van der Waals surface area contributed by atoms with Crippen LogP contribution in [-0.2, 0) is 4.79 Å². The van der Waals surface area contributed by atoms with E-state index < -0.39 is 0 Å². The molecule has 0 spiro atoms. The van der Waals surface area contributed by atoms with Gasteiger partial charge in [-0.05, 0) is 38.9 Å². The highest BCUT2D eigenvalue weighted by Gasteiger charge is 2.29. The molecule has 0 radical (unpaired) electrons. The second kappa shape index (κ2) is 6.75. The van der Waals surface area contributed by atoms with Gasteiger partial charge in [0.25, 0.3) is 0 Å². The van der Waals surface area contributed by atoms with E-state index in [1.54, 1.807) is 0 Å². The zero-order valence-corrected chi connectivity index (χ0v) is 12.4. The van der Waals surface area contributed by atoms with Gasteiger partial charge in [-0.3, -0.25) is 4.79 Å². The standard InChI is InChI=1S/C16H24N2O2/c1-16(17-2)9-11-18(12-10-16)15(19)8-13-20-14-6-4-3-5-7-14/h3-7,17H,8-13H2,1-2H3. The SMILES string of the molecule is CNC1(C)CCN(C(=O)CCOc2ccccc2)CC1. The quantitative estimate of drug-likeness (QED) is 0.895. The van der Waals surface area contributed by atoms with Crippen LogP contribution in [0.1, 0.15) is 26.2 Å². The molecule has 1 aliphatic heterocycles. The number of rotatable bonds is 5. The van der Waals surface area contributed by atoms with Crippen LogP contribution in [0.5, 0.6) is 5.75 Å². The topological polar surface area (TPSA) is 41.6 Å². The van der Waals surface area contributed by atoms with Crippen molar-refractivity contribution >= 4 is 5.91 Å². The first-order chi connectivity index (χ1) is 9.63. The molecule has 0 unspecified atom stereocenters.